The molecule has 7 rings (SSSR count). The van der Waals surface area contributed by atoms with E-state index in [2.05, 4.69) is 142 Å². The van der Waals surface area contributed by atoms with Gasteiger partial charge in [-0.3, -0.25) is 0 Å². The standard InChI is InChI=1S/C26H20NO.C18H24NSi.Ir/c1-17(2)19-12-13-27-24(14-19)21-9-11-23-22-10-8-20(18-6-4-3-5-7-18)15-25(22)28-26(23)16-21;1-14(2)11-16-12-17(15-9-7-6-8-10-15)19-13-18(16)20(3,4)5;/h3-8,10-17H,1-2H3;6-9,12-14H,11H2,1-5H3;/q2*-1;. The molecule has 0 amide bonds. The minimum Gasteiger partial charge on any atom is -0.476 e. The van der Waals surface area contributed by atoms with Gasteiger partial charge in [0.25, 0.3) is 0 Å². The SMILES string of the molecule is CC(C)Cc1cc(-c2[c-]cccc2)ncc1[Si](C)(C)C.CC(C)c1ccnc(-c2[c-]cc3c(c2)oc2cc(-c4ccccc4)ccc23)c1.[Ir]. The molecule has 0 saturated carbocycles. The summed E-state index contributed by atoms with van der Waals surface area (Å²) in [6.45, 7) is 16.1. The third-order valence-electron chi connectivity index (χ3n) is 8.65. The Kier molecular flexibility index (Phi) is 11.5. The normalized spacial score (nSPS) is 11.4. The molecular weight excluding hydrogens is 793 g/mol. The number of nitrogens with zero attached hydrogens (tertiary/aromatic N) is 2. The van der Waals surface area contributed by atoms with Gasteiger partial charge in [-0.25, -0.2) is 0 Å². The molecule has 0 aliphatic heterocycles. The molecule has 4 aromatic carbocycles. The van der Waals surface area contributed by atoms with Crippen LogP contribution in [0.25, 0.3) is 55.6 Å². The molecule has 3 aromatic heterocycles. The van der Waals surface area contributed by atoms with E-state index in [4.69, 9.17) is 4.42 Å². The molecule has 0 fully saturated rings. The molecule has 251 valence electrons. The van der Waals surface area contributed by atoms with Crippen molar-refractivity contribution in [1.82, 2.24) is 9.97 Å². The van der Waals surface area contributed by atoms with Crippen molar-refractivity contribution < 1.29 is 24.5 Å². The third kappa shape index (κ3) is 8.54. The van der Waals surface area contributed by atoms with Crippen LogP contribution in [0.5, 0.6) is 0 Å². The number of fused-ring (bicyclic) bond motifs is 3. The molecule has 0 spiro atoms. The molecule has 0 saturated heterocycles. The number of benzene rings is 4. The summed E-state index contributed by atoms with van der Waals surface area (Å²) in [5.74, 6) is 1.13. The molecule has 0 unspecified atom stereocenters. The minimum atomic E-state index is -1.34. The Morgan fingerprint density at radius 2 is 1.43 bits per heavy atom. The van der Waals surface area contributed by atoms with Crippen molar-refractivity contribution in [3.63, 3.8) is 0 Å². The van der Waals surface area contributed by atoms with E-state index < -0.39 is 8.07 Å². The Bertz CT molecular complexity index is 2150. The molecule has 49 heavy (non-hydrogen) atoms. The van der Waals surface area contributed by atoms with Crippen LogP contribution in [0.3, 0.4) is 0 Å². The van der Waals surface area contributed by atoms with Crippen LogP contribution in [0.1, 0.15) is 44.7 Å². The van der Waals surface area contributed by atoms with Crippen LogP contribution in [0.15, 0.2) is 120 Å². The summed E-state index contributed by atoms with van der Waals surface area (Å²) in [7, 11) is -1.34. The second kappa shape index (κ2) is 15.6. The number of hydrogen-bond acceptors (Lipinski definition) is 3. The van der Waals surface area contributed by atoms with Crippen LogP contribution in [0.2, 0.25) is 19.6 Å². The quantitative estimate of drug-likeness (QED) is 0.119. The smallest absolute Gasteiger partial charge is 0.124 e. The molecule has 3 heterocycles. The van der Waals surface area contributed by atoms with Crippen molar-refractivity contribution in [3.8, 4) is 33.6 Å². The Morgan fingerprint density at radius 3 is 2.12 bits per heavy atom. The molecule has 7 aromatic rings. The maximum absolute atomic E-state index is 6.21. The number of hydrogen-bond donors (Lipinski definition) is 0. The van der Waals surface area contributed by atoms with Crippen molar-refractivity contribution in [2.24, 2.45) is 5.92 Å². The van der Waals surface area contributed by atoms with Gasteiger partial charge >= 0.3 is 0 Å². The summed E-state index contributed by atoms with van der Waals surface area (Å²) in [5, 5.41) is 3.69. The second-order valence-electron chi connectivity index (χ2n) is 14.3. The topological polar surface area (TPSA) is 38.9 Å². The van der Waals surface area contributed by atoms with Crippen LogP contribution in [0.4, 0.5) is 0 Å². The molecule has 0 bridgehead atoms. The first-order valence-electron chi connectivity index (χ1n) is 16.9. The number of rotatable bonds is 7. The molecule has 1 radical (unpaired) electrons. The zero-order chi connectivity index (χ0) is 33.8. The minimum absolute atomic E-state index is 0. The van der Waals surface area contributed by atoms with Crippen molar-refractivity contribution in [2.45, 2.75) is 59.7 Å². The average Bonchev–Trinajstić information content (AvgIpc) is 3.46. The zero-order valence-corrected chi connectivity index (χ0v) is 32.9. The van der Waals surface area contributed by atoms with Crippen LogP contribution in [-0.2, 0) is 26.5 Å². The summed E-state index contributed by atoms with van der Waals surface area (Å²) in [4.78, 5) is 9.22. The van der Waals surface area contributed by atoms with Gasteiger partial charge in [0, 0.05) is 32.5 Å². The molecule has 3 nitrogen and oxygen atoms in total. The molecule has 0 aliphatic rings. The average molecular weight is 837 g/mol. The first kappa shape index (κ1) is 36.1. The largest absolute Gasteiger partial charge is 0.476 e. The third-order valence-corrected chi connectivity index (χ3v) is 10.7. The van der Waals surface area contributed by atoms with Gasteiger partial charge in [0.1, 0.15) is 5.58 Å². The van der Waals surface area contributed by atoms with E-state index >= 15 is 0 Å². The summed E-state index contributed by atoms with van der Waals surface area (Å²) in [6.07, 6.45) is 5.11. The van der Waals surface area contributed by atoms with Gasteiger partial charge in [0.15, 0.2) is 0 Å². The van der Waals surface area contributed by atoms with Crippen molar-refractivity contribution >= 4 is 35.2 Å². The summed E-state index contributed by atoms with van der Waals surface area (Å²) >= 11 is 0. The fourth-order valence-electron chi connectivity index (χ4n) is 6.11. The first-order valence-corrected chi connectivity index (χ1v) is 20.4. The van der Waals surface area contributed by atoms with E-state index in [1.54, 1.807) is 0 Å². The molecule has 0 atom stereocenters. The van der Waals surface area contributed by atoms with E-state index in [-0.39, 0.29) is 20.1 Å². The van der Waals surface area contributed by atoms with Gasteiger partial charge in [-0.1, -0.05) is 125 Å². The summed E-state index contributed by atoms with van der Waals surface area (Å²) < 4.78 is 6.21. The van der Waals surface area contributed by atoms with E-state index in [0.29, 0.717) is 11.8 Å². The van der Waals surface area contributed by atoms with Crippen LogP contribution >= 0.6 is 0 Å². The number of pyridine rings is 2. The van der Waals surface area contributed by atoms with Gasteiger partial charge in [-0.15, -0.1) is 53.6 Å². The predicted octanol–water partition coefficient (Wildman–Crippen LogP) is 11.5. The maximum atomic E-state index is 6.21. The van der Waals surface area contributed by atoms with Crippen molar-refractivity contribution in [2.75, 3.05) is 0 Å². The van der Waals surface area contributed by atoms with Crippen LogP contribution in [0, 0.1) is 18.1 Å². The van der Waals surface area contributed by atoms with Gasteiger partial charge in [0.05, 0.1) is 13.7 Å². The monoisotopic (exact) mass is 837 g/mol. The summed E-state index contributed by atoms with van der Waals surface area (Å²) in [5.41, 5.74) is 10.9. The Balaban J connectivity index is 0.000000199. The molecule has 0 aliphatic carbocycles. The number of furan rings is 1. The Morgan fingerprint density at radius 1 is 0.694 bits per heavy atom. The van der Waals surface area contributed by atoms with E-state index in [1.807, 2.05) is 42.6 Å². The summed E-state index contributed by atoms with van der Waals surface area (Å²) in [6, 6.07) is 42.0. The van der Waals surface area contributed by atoms with Crippen LogP contribution < -0.4 is 5.19 Å². The van der Waals surface area contributed by atoms with Crippen LogP contribution in [-0.4, -0.2) is 18.0 Å². The molecule has 5 heteroatoms. The van der Waals surface area contributed by atoms with Gasteiger partial charge in [0.2, 0.25) is 0 Å². The Labute approximate surface area is 306 Å². The van der Waals surface area contributed by atoms with E-state index in [9.17, 15) is 0 Å². The van der Waals surface area contributed by atoms with Gasteiger partial charge < -0.3 is 14.4 Å². The Hall–Kier alpha value is -4.15. The van der Waals surface area contributed by atoms with E-state index in [1.165, 1.54) is 21.9 Å². The van der Waals surface area contributed by atoms with Crippen molar-refractivity contribution in [3.05, 3.63) is 139 Å². The molecule has 0 N–H and O–H groups in total. The molecular formula is C44H44IrN2OSi-2. The van der Waals surface area contributed by atoms with E-state index in [0.717, 1.165) is 56.4 Å². The predicted molar refractivity (Wildman–Crippen MR) is 205 cm³/mol. The fourth-order valence-corrected chi connectivity index (χ4v) is 7.70. The fraction of sp³-hybridized carbons (Fsp3) is 0.227. The van der Waals surface area contributed by atoms with Gasteiger partial charge in [-0.05, 0) is 63.5 Å². The van der Waals surface area contributed by atoms with Gasteiger partial charge in [-0.2, -0.15) is 0 Å². The van der Waals surface area contributed by atoms with Crippen molar-refractivity contribution in [1.29, 1.82) is 0 Å². The first-order chi connectivity index (χ1) is 23.1. The zero-order valence-electron chi connectivity index (χ0n) is 29.5. The maximum Gasteiger partial charge on any atom is 0.124 e. The number of aromatic nitrogens is 2. The second-order valence-corrected chi connectivity index (χ2v) is 19.3.